The Morgan fingerprint density at radius 3 is 2.52 bits per heavy atom. The summed E-state index contributed by atoms with van der Waals surface area (Å²) in [6.07, 6.45) is 1.90. The maximum Gasteiger partial charge on any atom is 0.255 e. The Labute approximate surface area is 149 Å². The first-order chi connectivity index (χ1) is 12.2. The molecule has 0 unspecified atom stereocenters. The van der Waals surface area contributed by atoms with Crippen molar-refractivity contribution in [2.24, 2.45) is 0 Å². The van der Waals surface area contributed by atoms with Crippen LogP contribution in [0.1, 0.15) is 17.3 Å². The van der Waals surface area contributed by atoms with Gasteiger partial charge >= 0.3 is 0 Å². The van der Waals surface area contributed by atoms with Crippen LogP contribution in [0.5, 0.6) is 5.75 Å². The first kappa shape index (κ1) is 17.0. The minimum atomic E-state index is -0.183. The average molecular weight is 355 g/mol. The molecule has 1 aromatic heterocycles. The van der Waals surface area contributed by atoms with Crippen LogP contribution >= 0.6 is 11.8 Å². The van der Waals surface area contributed by atoms with Crippen LogP contribution in [0.3, 0.4) is 0 Å². The third kappa shape index (κ3) is 3.97. The summed E-state index contributed by atoms with van der Waals surface area (Å²) in [5.41, 5.74) is 2.06. The first-order valence-electron chi connectivity index (χ1n) is 7.68. The number of carbonyl (C=O) groups is 1. The van der Waals surface area contributed by atoms with E-state index >= 15 is 0 Å². The van der Waals surface area contributed by atoms with Gasteiger partial charge in [-0.2, -0.15) is 4.68 Å². The summed E-state index contributed by atoms with van der Waals surface area (Å²) >= 11 is 1.45. The van der Waals surface area contributed by atoms with Gasteiger partial charge in [0.25, 0.3) is 5.91 Å². The number of tetrazole rings is 1. The highest BCUT2D eigenvalue weighted by molar-refractivity contribution is 7.98. The lowest BCUT2D eigenvalue weighted by molar-refractivity contribution is 0.102. The van der Waals surface area contributed by atoms with Crippen LogP contribution in [-0.2, 0) is 0 Å². The number of nitrogens with one attached hydrogen (secondary N) is 1. The van der Waals surface area contributed by atoms with Gasteiger partial charge < -0.3 is 10.1 Å². The van der Waals surface area contributed by atoms with Gasteiger partial charge in [-0.3, -0.25) is 4.79 Å². The molecule has 3 rings (SSSR count). The molecule has 8 heteroatoms. The number of carbonyl (C=O) groups excluding carboxylic acids is 1. The summed E-state index contributed by atoms with van der Waals surface area (Å²) in [6, 6.07) is 14.4. The van der Waals surface area contributed by atoms with Crippen molar-refractivity contribution in [1.29, 1.82) is 0 Å². The Balaban J connectivity index is 1.70. The van der Waals surface area contributed by atoms with E-state index in [0.29, 0.717) is 23.0 Å². The number of anilines is 1. The predicted molar refractivity (Wildman–Crippen MR) is 96.5 cm³/mol. The molecule has 1 amide bonds. The Hall–Kier alpha value is -2.87. The molecule has 0 fully saturated rings. The van der Waals surface area contributed by atoms with E-state index in [0.717, 1.165) is 11.4 Å². The van der Waals surface area contributed by atoms with Gasteiger partial charge in [-0.25, -0.2) is 0 Å². The van der Waals surface area contributed by atoms with Crippen LogP contribution in [0.2, 0.25) is 0 Å². The molecule has 0 saturated heterocycles. The van der Waals surface area contributed by atoms with Crippen molar-refractivity contribution in [3.8, 4) is 11.4 Å². The van der Waals surface area contributed by atoms with E-state index < -0.39 is 0 Å². The Morgan fingerprint density at radius 2 is 1.88 bits per heavy atom. The quantitative estimate of drug-likeness (QED) is 0.685. The van der Waals surface area contributed by atoms with E-state index in [1.165, 1.54) is 11.8 Å². The summed E-state index contributed by atoms with van der Waals surface area (Å²) in [6.45, 7) is 2.54. The first-order valence-corrected chi connectivity index (χ1v) is 8.90. The van der Waals surface area contributed by atoms with Crippen LogP contribution in [0.4, 0.5) is 5.69 Å². The number of hydrogen-bond donors (Lipinski definition) is 1. The fourth-order valence-corrected chi connectivity index (χ4v) is 2.66. The van der Waals surface area contributed by atoms with Crippen molar-refractivity contribution in [3.05, 3.63) is 54.1 Å². The summed E-state index contributed by atoms with van der Waals surface area (Å²) in [5.74, 6) is 0.591. The van der Waals surface area contributed by atoms with Crippen LogP contribution in [0.25, 0.3) is 5.69 Å². The molecule has 25 heavy (non-hydrogen) atoms. The second-order valence-electron chi connectivity index (χ2n) is 5.04. The summed E-state index contributed by atoms with van der Waals surface area (Å²) < 4.78 is 7.01. The third-order valence-electron chi connectivity index (χ3n) is 3.42. The lowest BCUT2D eigenvalue weighted by atomic mass is 10.2. The van der Waals surface area contributed by atoms with Gasteiger partial charge in [-0.1, -0.05) is 11.8 Å². The summed E-state index contributed by atoms with van der Waals surface area (Å²) in [5, 5.41) is 15.1. The minimum Gasteiger partial charge on any atom is -0.494 e. The second-order valence-corrected chi connectivity index (χ2v) is 5.81. The van der Waals surface area contributed by atoms with Crippen LogP contribution < -0.4 is 10.1 Å². The fraction of sp³-hybridized carbons (Fsp3) is 0.176. The topological polar surface area (TPSA) is 81.9 Å². The monoisotopic (exact) mass is 355 g/mol. The number of thioether (sulfide) groups is 1. The van der Waals surface area contributed by atoms with Crippen molar-refractivity contribution >= 4 is 23.4 Å². The second kappa shape index (κ2) is 7.80. The van der Waals surface area contributed by atoms with Gasteiger partial charge in [0, 0.05) is 11.3 Å². The summed E-state index contributed by atoms with van der Waals surface area (Å²) in [7, 11) is 0. The average Bonchev–Trinajstić information content (AvgIpc) is 3.12. The highest BCUT2D eigenvalue weighted by atomic mass is 32.2. The fourth-order valence-electron chi connectivity index (χ4n) is 2.23. The Kier molecular flexibility index (Phi) is 5.30. The van der Waals surface area contributed by atoms with Gasteiger partial charge in [-0.15, -0.1) is 5.10 Å². The largest absolute Gasteiger partial charge is 0.494 e. The van der Waals surface area contributed by atoms with Crippen LogP contribution in [-0.4, -0.2) is 39.0 Å². The SMILES string of the molecule is CCOc1ccc(NC(=O)c2ccc(-n3nnnc3SC)cc2)cc1. The molecule has 0 saturated carbocycles. The van der Waals surface area contributed by atoms with Gasteiger partial charge in [0.1, 0.15) is 5.75 Å². The number of ether oxygens (including phenoxy) is 1. The molecule has 1 heterocycles. The predicted octanol–water partition coefficient (Wildman–Crippen LogP) is 3.04. The molecular formula is C17H17N5O2S. The molecule has 0 aliphatic heterocycles. The molecule has 0 aliphatic carbocycles. The van der Waals surface area contributed by atoms with E-state index in [1.54, 1.807) is 16.8 Å². The lowest BCUT2D eigenvalue weighted by Gasteiger charge is -2.08. The van der Waals surface area contributed by atoms with Gasteiger partial charge in [0.2, 0.25) is 5.16 Å². The van der Waals surface area contributed by atoms with E-state index in [9.17, 15) is 4.79 Å². The zero-order valence-corrected chi connectivity index (χ0v) is 14.7. The van der Waals surface area contributed by atoms with Crippen molar-refractivity contribution in [3.63, 3.8) is 0 Å². The molecule has 0 spiro atoms. The zero-order chi connectivity index (χ0) is 17.6. The van der Waals surface area contributed by atoms with Crippen molar-refractivity contribution < 1.29 is 9.53 Å². The van der Waals surface area contributed by atoms with Crippen LogP contribution in [0, 0.1) is 0 Å². The number of aromatic nitrogens is 4. The number of nitrogens with zero attached hydrogens (tertiary/aromatic N) is 4. The molecule has 1 N–H and O–H groups in total. The minimum absolute atomic E-state index is 0.183. The van der Waals surface area contributed by atoms with Gasteiger partial charge in [0.15, 0.2) is 0 Å². The molecule has 0 atom stereocenters. The summed E-state index contributed by atoms with van der Waals surface area (Å²) in [4.78, 5) is 12.4. The molecular weight excluding hydrogens is 338 g/mol. The van der Waals surface area contributed by atoms with E-state index in [4.69, 9.17) is 4.74 Å². The standard InChI is InChI=1S/C17H17N5O2S/c1-3-24-15-10-6-13(7-11-15)18-16(23)12-4-8-14(9-5-12)22-17(25-2)19-20-21-22/h4-11H,3H2,1-2H3,(H,18,23). The van der Waals surface area contributed by atoms with E-state index in [1.807, 2.05) is 49.6 Å². The Bertz CT molecular complexity index is 846. The number of hydrogen-bond acceptors (Lipinski definition) is 6. The number of benzene rings is 2. The smallest absolute Gasteiger partial charge is 0.255 e. The maximum atomic E-state index is 12.4. The lowest BCUT2D eigenvalue weighted by Crippen LogP contribution is -2.12. The van der Waals surface area contributed by atoms with Gasteiger partial charge in [0.05, 0.1) is 12.3 Å². The molecule has 0 bridgehead atoms. The van der Waals surface area contributed by atoms with Gasteiger partial charge in [-0.05, 0) is 72.1 Å². The van der Waals surface area contributed by atoms with Crippen molar-refractivity contribution in [2.45, 2.75) is 12.1 Å². The molecule has 2 aromatic carbocycles. The molecule has 0 aliphatic rings. The highest BCUT2D eigenvalue weighted by Crippen LogP contribution is 2.18. The van der Waals surface area contributed by atoms with E-state index in [2.05, 4.69) is 20.8 Å². The third-order valence-corrected chi connectivity index (χ3v) is 4.04. The Morgan fingerprint density at radius 1 is 1.16 bits per heavy atom. The highest BCUT2D eigenvalue weighted by Gasteiger charge is 2.10. The normalized spacial score (nSPS) is 10.5. The van der Waals surface area contributed by atoms with Crippen LogP contribution in [0.15, 0.2) is 53.7 Å². The molecule has 0 radical (unpaired) electrons. The van der Waals surface area contributed by atoms with Crippen molar-refractivity contribution in [1.82, 2.24) is 20.2 Å². The molecule has 128 valence electrons. The molecule has 3 aromatic rings. The number of rotatable bonds is 6. The zero-order valence-electron chi connectivity index (χ0n) is 13.8. The van der Waals surface area contributed by atoms with E-state index in [-0.39, 0.29) is 5.91 Å². The maximum absolute atomic E-state index is 12.4. The molecule has 7 nitrogen and oxygen atoms in total. The number of amides is 1. The van der Waals surface area contributed by atoms with Crippen molar-refractivity contribution in [2.75, 3.05) is 18.2 Å².